The Bertz CT molecular complexity index is 836. The van der Waals surface area contributed by atoms with E-state index >= 15 is 0 Å². The van der Waals surface area contributed by atoms with Gasteiger partial charge in [-0.2, -0.15) is 5.26 Å². The summed E-state index contributed by atoms with van der Waals surface area (Å²) in [6, 6.07) is 16.5. The van der Waals surface area contributed by atoms with Crippen LogP contribution in [0.15, 0.2) is 59.8 Å². The fourth-order valence-corrected chi connectivity index (χ4v) is 2.31. The minimum Gasteiger partial charge on any atom is -0.497 e. The first kappa shape index (κ1) is 18.9. The summed E-state index contributed by atoms with van der Waals surface area (Å²) in [7, 11) is 3.17. The Morgan fingerprint density at radius 2 is 1.73 bits per heavy atom. The molecule has 6 nitrogen and oxygen atoms in total. The summed E-state index contributed by atoms with van der Waals surface area (Å²) >= 11 is 0. The van der Waals surface area contributed by atoms with Crippen molar-refractivity contribution in [1.82, 2.24) is 0 Å². The summed E-state index contributed by atoms with van der Waals surface area (Å²) in [6.45, 7) is 1.71. The number of allylic oxidation sites excluding steroid dienone is 1. The van der Waals surface area contributed by atoms with Crippen molar-refractivity contribution < 1.29 is 14.3 Å². The molecule has 0 aromatic heterocycles. The van der Waals surface area contributed by atoms with E-state index < -0.39 is 0 Å². The first-order valence-corrected chi connectivity index (χ1v) is 8.00. The summed E-state index contributed by atoms with van der Waals surface area (Å²) in [5.74, 6) is 1.13. The van der Waals surface area contributed by atoms with Gasteiger partial charge in [-0.3, -0.25) is 4.79 Å². The van der Waals surface area contributed by atoms with Crippen molar-refractivity contribution in [1.29, 1.82) is 5.26 Å². The molecular weight excluding hydrogens is 330 g/mol. The van der Waals surface area contributed by atoms with Gasteiger partial charge in [-0.15, -0.1) is 0 Å². The Kier molecular flexibility index (Phi) is 6.63. The Hall–Kier alpha value is -3.46. The van der Waals surface area contributed by atoms with Crippen molar-refractivity contribution in [2.75, 3.05) is 31.4 Å². The maximum Gasteiger partial charge on any atom is 0.194 e. The largest absolute Gasteiger partial charge is 0.497 e. The lowest BCUT2D eigenvalue weighted by Gasteiger charge is -2.11. The molecular formula is C20H21N3O3. The van der Waals surface area contributed by atoms with Crippen LogP contribution in [0.4, 0.5) is 11.4 Å². The molecule has 2 aromatic rings. The van der Waals surface area contributed by atoms with Gasteiger partial charge >= 0.3 is 0 Å². The normalized spacial score (nSPS) is 11.0. The number of carbonyl (C=O) groups is 1. The van der Waals surface area contributed by atoms with Gasteiger partial charge in [-0.25, -0.2) is 0 Å². The van der Waals surface area contributed by atoms with Crippen LogP contribution in [0, 0.1) is 11.3 Å². The Morgan fingerprint density at radius 3 is 2.35 bits per heavy atom. The van der Waals surface area contributed by atoms with E-state index in [0.717, 1.165) is 17.1 Å². The van der Waals surface area contributed by atoms with Crippen LogP contribution in [0.2, 0.25) is 0 Å². The van der Waals surface area contributed by atoms with E-state index in [9.17, 15) is 10.1 Å². The molecule has 2 aromatic carbocycles. The monoisotopic (exact) mass is 351 g/mol. The lowest BCUT2D eigenvalue weighted by atomic mass is 10.1. The number of hydrogen-bond donors (Lipinski definition) is 2. The quantitative estimate of drug-likeness (QED) is 0.558. The van der Waals surface area contributed by atoms with Gasteiger partial charge in [0.1, 0.15) is 23.1 Å². The summed E-state index contributed by atoms with van der Waals surface area (Å²) in [5.41, 5.74) is 2.09. The van der Waals surface area contributed by atoms with E-state index in [1.165, 1.54) is 0 Å². The smallest absolute Gasteiger partial charge is 0.194 e. The number of nitrogens with zero attached hydrogens (tertiary/aromatic N) is 1. The zero-order valence-electron chi connectivity index (χ0n) is 15.0. The van der Waals surface area contributed by atoms with Crippen molar-refractivity contribution in [3.63, 3.8) is 0 Å². The van der Waals surface area contributed by atoms with Crippen LogP contribution < -0.4 is 20.1 Å². The molecule has 134 valence electrons. The van der Waals surface area contributed by atoms with Crippen LogP contribution in [-0.2, 0) is 4.79 Å². The second-order valence-electron chi connectivity index (χ2n) is 5.47. The minimum atomic E-state index is -0.297. The lowest BCUT2D eigenvalue weighted by molar-refractivity contribution is -0.113. The van der Waals surface area contributed by atoms with E-state index in [2.05, 4.69) is 10.6 Å². The third-order valence-corrected chi connectivity index (χ3v) is 3.71. The molecule has 2 rings (SSSR count). The van der Waals surface area contributed by atoms with Crippen LogP contribution in [-0.4, -0.2) is 26.5 Å². The van der Waals surface area contributed by atoms with Crippen LogP contribution in [0.3, 0.4) is 0 Å². The zero-order chi connectivity index (χ0) is 18.9. The lowest BCUT2D eigenvalue weighted by Crippen LogP contribution is -2.18. The van der Waals surface area contributed by atoms with Crippen molar-refractivity contribution in [2.24, 2.45) is 0 Å². The Balaban J connectivity index is 2.05. The first-order chi connectivity index (χ1) is 12.6. The molecule has 0 saturated heterocycles. The molecule has 0 unspecified atom stereocenters. The second-order valence-corrected chi connectivity index (χ2v) is 5.47. The molecule has 0 heterocycles. The Morgan fingerprint density at radius 1 is 1.04 bits per heavy atom. The average Bonchev–Trinajstić information content (AvgIpc) is 2.67. The predicted octanol–water partition coefficient (Wildman–Crippen LogP) is 3.59. The standard InChI is InChI=1S/C20H21N3O3/c1-14(23-15-7-9-17(25-2)10-8-15)19(12-21)20(24)13-22-16-5-4-6-18(11-16)26-3/h4-11,22-23H,13H2,1-3H3. The van der Waals surface area contributed by atoms with Crippen LogP contribution in [0.1, 0.15) is 6.92 Å². The summed E-state index contributed by atoms with van der Waals surface area (Å²) in [6.07, 6.45) is 0. The van der Waals surface area contributed by atoms with Crippen molar-refractivity contribution in [3.8, 4) is 17.6 Å². The fourth-order valence-electron chi connectivity index (χ4n) is 2.31. The maximum atomic E-state index is 12.4. The van der Waals surface area contributed by atoms with E-state index in [-0.39, 0.29) is 17.9 Å². The number of carbonyl (C=O) groups excluding carboxylic acids is 1. The van der Waals surface area contributed by atoms with E-state index in [0.29, 0.717) is 11.4 Å². The molecule has 0 saturated carbocycles. The molecule has 0 aliphatic carbocycles. The van der Waals surface area contributed by atoms with Crippen LogP contribution in [0.25, 0.3) is 0 Å². The van der Waals surface area contributed by atoms with Gasteiger partial charge in [-0.05, 0) is 43.3 Å². The molecule has 0 atom stereocenters. The average molecular weight is 351 g/mol. The number of ketones is 1. The number of ether oxygens (including phenoxy) is 2. The first-order valence-electron chi connectivity index (χ1n) is 8.00. The van der Waals surface area contributed by atoms with Gasteiger partial charge in [0.25, 0.3) is 0 Å². The highest BCUT2D eigenvalue weighted by atomic mass is 16.5. The van der Waals surface area contributed by atoms with E-state index in [1.807, 2.05) is 36.4 Å². The highest BCUT2D eigenvalue weighted by Crippen LogP contribution is 2.19. The summed E-state index contributed by atoms with van der Waals surface area (Å²) in [4.78, 5) is 12.4. The molecule has 2 N–H and O–H groups in total. The van der Waals surface area contributed by atoms with Crippen LogP contribution >= 0.6 is 0 Å². The van der Waals surface area contributed by atoms with E-state index in [1.54, 1.807) is 39.3 Å². The molecule has 0 fully saturated rings. The highest BCUT2D eigenvalue weighted by molar-refractivity contribution is 6.02. The number of nitriles is 1. The van der Waals surface area contributed by atoms with Crippen molar-refractivity contribution >= 4 is 17.2 Å². The molecule has 0 aliphatic heterocycles. The fraction of sp³-hybridized carbons (Fsp3) is 0.200. The number of anilines is 2. The third kappa shape index (κ3) is 5.02. The Labute approximate surface area is 153 Å². The SMILES string of the molecule is COc1ccc(NC(C)=C(C#N)C(=O)CNc2cccc(OC)c2)cc1. The van der Waals surface area contributed by atoms with Gasteiger partial charge in [-0.1, -0.05) is 6.07 Å². The van der Waals surface area contributed by atoms with Gasteiger partial charge in [0, 0.05) is 23.1 Å². The van der Waals surface area contributed by atoms with Gasteiger partial charge in [0.2, 0.25) is 0 Å². The number of Topliss-reactive ketones (excluding diaryl/α,β-unsaturated/α-hetero) is 1. The molecule has 0 spiro atoms. The van der Waals surface area contributed by atoms with Gasteiger partial charge in [0.15, 0.2) is 5.78 Å². The van der Waals surface area contributed by atoms with Crippen molar-refractivity contribution in [3.05, 3.63) is 59.8 Å². The second kappa shape index (κ2) is 9.14. The van der Waals surface area contributed by atoms with Crippen molar-refractivity contribution in [2.45, 2.75) is 6.92 Å². The molecule has 0 aliphatic rings. The van der Waals surface area contributed by atoms with Crippen LogP contribution in [0.5, 0.6) is 11.5 Å². The molecule has 6 heteroatoms. The van der Waals surface area contributed by atoms with Gasteiger partial charge in [0.05, 0.1) is 20.8 Å². The molecule has 0 amide bonds. The number of nitrogens with one attached hydrogen (secondary N) is 2. The molecule has 26 heavy (non-hydrogen) atoms. The number of hydrogen-bond acceptors (Lipinski definition) is 6. The topological polar surface area (TPSA) is 83.4 Å². The summed E-state index contributed by atoms with van der Waals surface area (Å²) < 4.78 is 10.3. The highest BCUT2D eigenvalue weighted by Gasteiger charge is 2.13. The zero-order valence-corrected chi connectivity index (χ0v) is 15.0. The maximum absolute atomic E-state index is 12.4. The predicted molar refractivity (Wildman–Crippen MR) is 101 cm³/mol. The van der Waals surface area contributed by atoms with E-state index in [4.69, 9.17) is 9.47 Å². The minimum absolute atomic E-state index is 0.0116. The molecule has 0 bridgehead atoms. The number of benzene rings is 2. The summed E-state index contributed by atoms with van der Waals surface area (Å²) in [5, 5.41) is 15.5. The number of methoxy groups -OCH3 is 2. The van der Waals surface area contributed by atoms with Gasteiger partial charge < -0.3 is 20.1 Å². The molecule has 0 radical (unpaired) electrons. The number of rotatable bonds is 8. The third-order valence-electron chi connectivity index (χ3n) is 3.71.